The van der Waals surface area contributed by atoms with Gasteiger partial charge in [0.05, 0.1) is 19.1 Å². The Labute approximate surface area is 156 Å². The first-order chi connectivity index (χ1) is 12.7. The highest BCUT2D eigenvalue weighted by Crippen LogP contribution is 2.64. The van der Waals surface area contributed by atoms with Gasteiger partial charge in [0.1, 0.15) is 6.61 Å². The molecule has 1 fully saturated rings. The molecule has 0 aromatic rings. The first-order valence-corrected chi connectivity index (χ1v) is 10.1. The van der Waals surface area contributed by atoms with E-state index in [2.05, 4.69) is 4.84 Å². The van der Waals surface area contributed by atoms with Crippen molar-refractivity contribution in [2.24, 2.45) is 5.92 Å². The van der Waals surface area contributed by atoms with E-state index in [-0.39, 0.29) is 39.1 Å². The normalized spacial score (nSPS) is 25.7. The number of rotatable bonds is 8. The maximum atomic E-state index is 13.2. The van der Waals surface area contributed by atoms with Crippen molar-refractivity contribution in [2.75, 3.05) is 19.8 Å². The molecule has 1 saturated heterocycles. The number of carbonyl (C=O) groups is 3. The number of imide groups is 1. The van der Waals surface area contributed by atoms with Gasteiger partial charge in [0.15, 0.2) is 6.21 Å². The number of hydroxylamine groups is 3. The molecule has 2 aliphatic rings. The minimum atomic E-state index is -3.81. The zero-order chi connectivity index (χ0) is 20.2. The molecule has 0 aromatic heterocycles. The molecule has 2 atom stereocenters. The van der Waals surface area contributed by atoms with Gasteiger partial charge in [0, 0.05) is 26.2 Å². The van der Waals surface area contributed by atoms with Crippen molar-refractivity contribution >= 4 is 31.8 Å². The van der Waals surface area contributed by atoms with Gasteiger partial charge >= 0.3 is 19.0 Å². The summed E-state index contributed by atoms with van der Waals surface area (Å²) in [6, 6.07) is 0. The fraction of sp³-hybridized carbons (Fsp3) is 0.733. The number of ether oxygens (including phenoxy) is 1. The van der Waals surface area contributed by atoms with Crippen LogP contribution in [0.3, 0.4) is 0 Å². The van der Waals surface area contributed by atoms with E-state index in [0.29, 0.717) is 5.06 Å². The average molecular weight is 407 g/mol. The van der Waals surface area contributed by atoms with Crippen LogP contribution in [0.4, 0.5) is 4.79 Å². The molecule has 27 heavy (non-hydrogen) atoms. The molecule has 2 amide bonds. The standard InChI is InChI=1S/C15H24N2O9P/c1-4-24-27(22,25-5-2)15(3)11(8-9-16(15)21)10-23-14(20)26-17-12(18)6-7-13(17)19/h9,11,21H,4-8,10H2,1-3H3/q+1/t11-,15+/m0/s1. The Hall–Kier alpha value is -1.97. The van der Waals surface area contributed by atoms with Gasteiger partial charge in [-0.1, -0.05) is 5.06 Å². The molecule has 0 unspecified atom stereocenters. The van der Waals surface area contributed by atoms with Gasteiger partial charge in [0.2, 0.25) is 0 Å². The molecular formula is C15H24N2O9P+. The first kappa shape index (κ1) is 21.3. The van der Waals surface area contributed by atoms with Gasteiger partial charge in [-0.3, -0.25) is 24.2 Å². The second kappa shape index (κ2) is 8.37. The van der Waals surface area contributed by atoms with Gasteiger partial charge < -0.3 is 13.8 Å². The predicted molar refractivity (Wildman–Crippen MR) is 89.0 cm³/mol. The molecule has 2 rings (SSSR count). The summed E-state index contributed by atoms with van der Waals surface area (Å²) >= 11 is 0. The van der Waals surface area contributed by atoms with E-state index >= 15 is 0 Å². The Morgan fingerprint density at radius 2 is 1.85 bits per heavy atom. The largest absolute Gasteiger partial charge is 0.533 e. The van der Waals surface area contributed by atoms with Crippen LogP contribution in [0.15, 0.2) is 0 Å². The Morgan fingerprint density at radius 1 is 1.30 bits per heavy atom. The molecule has 0 saturated carbocycles. The summed E-state index contributed by atoms with van der Waals surface area (Å²) in [6.07, 6.45) is 0.295. The minimum absolute atomic E-state index is 0.0346. The third kappa shape index (κ3) is 3.99. The van der Waals surface area contributed by atoms with Crippen molar-refractivity contribution in [3.63, 3.8) is 0 Å². The number of carbonyl (C=O) groups excluding carboxylic acids is 3. The van der Waals surface area contributed by atoms with Crippen molar-refractivity contribution in [1.82, 2.24) is 5.06 Å². The molecule has 0 radical (unpaired) electrons. The van der Waals surface area contributed by atoms with Crippen LogP contribution in [-0.4, -0.2) is 64.3 Å². The van der Waals surface area contributed by atoms with Gasteiger partial charge in [-0.15, -0.1) is 0 Å². The minimum Gasteiger partial charge on any atom is -0.432 e. The van der Waals surface area contributed by atoms with E-state index in [0.717, 1.165) is 4.74 Å². The van der Waals surface area contributed by atoms with Crippen LogP contribution < -0.4 is 0 Å². The monoisotopic (exact) mass is 407 g/mol. The van der Waals surface area contributed by atoms with Crippen LogP contribution in [0.1, 0.15) is 40.0 Å². The van der Waals surface area contributed by atoms with Crippen LogP contribution >= 0.6 is 7.60 Å². The Kier molecular flexibility index (Phi) is 6.61. The van der Waals surface area contributed by atoms with Crippen molar-refractivity contribution < 1.29 is 47.5 Å². The van der Waals surface area contributed by atoms with Crippen LogP contribution in [0.2, 0.25) is 0 Å². The molecule has 1 N–H and O–H groups in total. The predicted octanol–water partition coefficient (Wildman–Crippen LogP) is 1.68. The number of hydrogen-bond acceptors (Lipinski definition) is 9. The molecule has 0 aliphatic carbocycles. The van der Waals surface area contributed by atoms with E-state index in [1.807, 2.05) is 0 Å². The second-order valence-corrected chi connectivity index (χ2v) is 8.54. The van der Waals surface area contributed by atoms with Crippen molar-refractivity contribution in [2.45, 2.75) is 45.3 Å². The smallest absolute Gasteiger partial charge is 0.432 e. The van der Waals surface area contributed by atoms with Gasteiger partial charge in [-0.25, -0.2) is 4.79 Å². The quantitative estimate of drug-likeness (QED) is 0.210. The molecule has 0 spiro atoms. The van der Waals surface area contributed by atoms with E-state index < -0.39 is 36.8 Å². The van der Waals surface area contributed by atoms with Crippen molar-refractivity contribution in [3.8, 4) is 0 Å². The van der Waals surface area contributed by atoms with Gasteiger partial charge in [-0.2, -0.15) is 0 Å². The fourth-order valence-corrected chi connectivity index (χ4v) is 5.20. The molecule has 0 aromatic carbocycles. The summed E-state index contributed by atoms with van der Waals surface area (Å²) in [4.78, 5) is 39.4. The topological polar surface area (TPSA) is 132 Å². The molecule has 0 bridgehead atoms. The fourth-order valence-electron chi connectivity index (χ4n) is 2.96. The SMILES string of the molecule is CCOP(=O)(OCC)[C@]1(C)[C@H](COC(=O)ON2C(=O)CCC2=O)CC=[N+]1O. The molecular weight excluding hydrogens is 383 g/mol. The van der Waals surface area contributed by atoms with Crippen LogP contribution in [0.5, 0.6) is 0 Å². The highest BCUT2D eigenvalue weighted by Gasteiger charge is 2.66. The maximum Gasteiger partial charge on any atom is 0.533 e. The second-order valence-electron chi connectivity index (χ2n) is 6.12. The highest BCUT2D eigenvalue weighted by atomic mass is 31.2. The van der Waals surface area contributed by atoms with E-state index in [9.17, 15) is 24.2 Å². The molecule has 11 nitrogen and oxygen atoms in total. The van der Waals surface area contributed by atoms with Gasteiger partial charge in [-0.05, 0) is 18.6 Å². The molecule has 12 heteroatoms. The van der Waals surface area contributed by atoms with E-state index in [1.165, 1.54) is 13.1 Å². The third-order valence-corrected chi connectivity index (χ3v) is 7.40. The summed E-state index contributed by atoms with van der Waals surface area (Å²) in [6.45, 7) is 4.65. The van der Waals surface area contributed by atoms with Crippen LogP contribution in [0.25, 0.3) is 0 Å². The summed E-state index contributed by atoms with van der Waals surface area (Å²) in [5.74, 6) is -1.91. The van der Waals surface area contributed by atoms with Gasteiger partial charge in [0.25, 0.3) is 11.8 Å². The Balaban J connectivity index is 2.06. The lowest BCUT2D eigenvalue weighted by Gasteiger charge is -2.31. The first-order valence-electron chi connectivity index (χ1n) is 8.60. The Bertz CT molecular complexity index is 669. The van der Waals surface area contributed by atoms with Crippen molar-refractivity contribution in [3.05, 3.63) is 0 Å². The number of hydrogen-bond donors (Lipinski definition) is 1. The Morgan fingerprint density at radius 3 is 2.37 bits per heavy atom. The highest BCUT2D eigenvalue weighted by molar-refractivity contribution is 7.55. The maximum absolute atomic E-state index is 13.2. The summed E-state index contributed by atoms with van der Waals surface area (Å²) in [7, 11) is -3.81. The van der Waals surface area contributed by atoms with Crippen LogP contribution in [0, 0.1) is 5.92 Å². The zero-order valence-corrected chi connectivity index (χ0v) is 16.3. The number of amides is 2. The zero-order valence-electron chi connectivity index (χ0n) is 15.5. The lowest BCUT2D eigenvalue weighted by atomic mass is 10.0. The van der Waals surface area contributed by atoms with Crippen LogP contribution in [-0.2, 0) is 32.8 Å². The summed E-state index contributed by atoms with van der Waals surface area (Å²) in [5.41, 5.74) is 0. The third-order valence-electron chi connectivity index (χ3n) is 4.53. The van der Waals surface area contributed by atoms with Crippen molar-refractivity contribution in [1.29, 1.82) is 0 Å². The summed E-state index contributed by atoms with van der Waals surface area (Å²) in [5, 5.41) is 9.13. The summed E-state index contributed by atoms with van der Waals surface area (Å²) < 4.78 is 29.7. The molecule has 2 aliphatic heterocycles. The van der Waals surface area contributed by atoms with E-state index in [1.54, 1.807) is 13.8 Å². The van der Waals surface area contributed by atoms with E-state index in [4.69, 9.17) is 13.8 Å². The lowest BCUT2D eigenvalue weighted by Crippen LogP contribution is -2.43. The number of nitrogens with zero attached hydrogens (tertiary/aromatic N) is 2. The lowest BCUT2D eigenvalue weighted by molar-refractivity contribution is -0.805. The molecule has 152 valence electrons. The molecule has 2 heterocycles. The average Bonchev–Trinajstić information content (AvgIpc) is 3.08.